The predicted octanol–water partition coefficient (Wildman–Crippen LogP) is -0.0660. The first kappa shape index (κ1) is 9.95. The number of nitrogens with zero attached hydrogens (tertiary/aromatic N) is 1. The second-order valence-electron chi connectivity index (χ2n) is 3.88. The highest BCUT2D eigenvalue weighted by atomic mass is 16.4. The summed E-state index contributed by atoms with van der Waals surface area (Å²) in [6.45, 7) is 0. The topological polar surface area (TPSA) is 86.7 Å². The molecule has 0 radical (unpaired) electrons. The molecule has 1 atom stereocenters. The molecular weight excluding hydrogens is 200 g/mol. The van der Waals surface area contributed by atoms with Gasteiger partial charge in [0.2, 0.25) is 5.91 Å². The van der Waals surface area contributed by atoms with E-state index in [1.54, 1.807) is 0 Å². The molecule has 1 saturated heterocycles. The third kappa shape index (κ3) is 1.93. The predicted molar refractivity (Wildman–Crippen MR) is 49.1 cm³/mol. The van der Waals surface area contributed by atoms with E-state index in [4.69, 9.17) is 5.11 Å². The lowest BCUT2D eigenvalue weighted by molar-refractivity contribution is -0.144. The van der Waals surface area contributed by atoms with Crippen LogP contribution in [-0.4, -0.2) is 40.0 Å². The number of imide groups is 1. The van der Waals surface area contributed by atoms with Gasteiger partial charge in [0.1, 0.15) is 6.04 Å². The summed E-state index contributed by atoms with van der Waals surface area (Å²) in [5.41, 5.74) is 0. The molecule has 2 fully saturated rings. The van der Waals surface area contributed by atoms with Crippen LogP contribution in [0.1, 0.15) is 25.7 Å². The summed E-state index contributed by atoms with van der Waals surface area (Å²) in [7, 11) is 0. The lowest BCUT2D eigenvalue weighted by Crippen LogP contribution is -2.48. The van der Waals surface area contributed by atoms with Crippen LogP contribution in [0.15, 0.2) is 0 Å². The summed E-state index contributed by atoms with van der Waals surface area (Å²) < 4.78 is 0. The number of amides is 3. The van der Waals surface area contributed by atoms with Gasteiger partial charge in [-0.1, -0.05) is 0 Å². The number of carboxylic acids is 1. The van der Waals surface area contributed by atoms with Crippen LogP contribution in [-0.2, 0) is 9.59 Å². The number of carbonyl (C=O) groups is 3. The van der Waals surface area contributed by atoms with Crippen LogP contribution in [0.2, 0.25) is 0 Å². The molecule has 2 aliphatic rings. The van der Waals surface area contributed by atoms with E-state index in [1.807, 2.05) is 0 Å². The van der Waals surface area contributed by atoms with Crippen LogP contribution >= 0.6 is 0 Å². The maximum Gasteiger partial charge on any atom is 0.327 e. The largest absolute Gasteiger partial charge is 0.480 e. The zero-order valence-corrected chi connectivity index (χ0v) is 8.10. The summed E-state index contributed by atoms with van der Waals surface area (Å²) in [5.74, 6) is -1.52. The monoisotopic (exact) mass is 212 g/mol. The highest BCUT2D eigenvalue weighted by molar-refractivity contribution is 6.01. The van der Waals surface area contributed by atoms with Gasteiger partial charge in [0.25, 0.3) is 0 Å². The minimum atomic E-state index is -1.12. The number of hydrogen-bond donors (Lipinski definition) is 2. The number of carbonyl (C=O) groups excluding carboxylic acids is 2. The number of likely N-dealkylation sites (tertiary alicyclic amines) is 1. The van der Waals surface area contributed by atoms with Crippen LogP contribution in [0.4, 0.5) is 4.79 Å². The molecule has 1 unspecified atom stereocenters. The molecule has 15 heavy (non-hydrogen) atoms. The van der Waals surface area contributed by atoms with E-state index in [1.165, 1.54) is 0 Å². The molecule has 6 nitrogen and oxygen atoms in total. The van der Waals surface area contributed by atoms with Crippen molar-refractivity contribution in [3.63, 3.8) is 0 Å². The summed E-state index contributed by atoms with van der Waals surface area (Å²) in [6, 6.07) is -1.43. The number of rotatable bonds is 2. The highest BCUT2D eigenvalue weighted by Gasteiger charge is 2.41. The molecule has 0 aromatic rings. The molecule has 0 aromatic carbocycles. The SMILES string of the molecule is O=C(O)C1CCC(=O)N1C(=O)NC1CC1. The van der Waals surface area contributed by atoms with Gasteiger partial charge in [-0.3, -0.25) is 4.79 Å². The Balaban J connectivity index is 2.05. The molecule has 2 rings (SSSR count). The van der Waals surface area contributed by atoms with Crippen molar-refractivity contribution in [2.24, 2.45) is 0 Å². The minimum absolute atomic E-state index is 0.125. The molecule has 0 bridgehead atoms. The van der Waals surface area contributed by atoms with Crippen LogP contribution in [0.3, 0.4) is 0 Å². The van der Waals surface area contributed by atoms with E-state index in [-0.39, 0.29) is 18.9 Å². The lowest BCUT2D eigenvalue weighted by atomic mass is 10.2. The summed E-state index contributed by atoms with van der Waals surface area (Å²) in [4.78, 5) is 34.5. The minimum Gasteiger partial charge on any atom is -0.480 e. The van der Waals surface area contributed by atoms with E-state index in [9.17, 15) is 14.4 Å². The Morgan fingerprint density at radius 2 is 2.00 bits per heavy atom. The zero-order chi connectivity index (χ0) is 11.0. The maximum absolute atomic E-state index is 11.6. The zero-order valence-electron chi connectivity index (χ0n) is 8.10. The van der Waals surface area contributed by atoms with Crippen molar-refractivity contribution in [3.8, 4) is 0 Å². The van der Waals surface area contributed by atoms with Crippen LogP contribution in [0, 0.1) is 0 Å². The van der Waals surface area contributed by atoms with Gasteiger partial charge in [-0.15, -0.1) is 0 Å². The quantitative estimate of drug-likeness (QED) is 0.671. The first-order valence-corrected chi connectivity index (χ1v) is 4.95. The van der Waals surface area contributed by atoms with Gasteiger partial charge in [0, 0.05) is 12.5 Å². The Morgan fingerprint density at radius 3 is 2.53 bits per heavy atom. The van der Waals surface area contributed by atoms with Gasteiger partial charge in [0.15, 0.2) is 0 Å². The molecule has 1 heterocycles. The van der Waals surface area contributed by atoms with Gasteiger partial charge < -0.3 is 10.4 Å². The third-order valence-electron chi connectivity index (χ3n) is 2.62. The average molecular weight is 212 g/mol. The van der Waals surface area contributed by atoms with Crippen molar-refractivity contribution in [1.29, 1.82) is 0 Å². The average Bonchev–Trinajstić information content (AvgIpc) is 2.86. The van der Waals surface area contributed by atoms with Gasteiger partial charge >= 0.3 is 12.0 Å². The van der Waals surface area contributed by atoms with Crippen molar-refractivity contribution >= 4 is 17.9 Å². The van der Waals surface area contributed by atoms with E-state index >= 15 is 0 Å². The van der Waals surface area contributed by atoms with E-state index in [0.29, 0.717) is 0 Å². The lowest BCUT2D eigenvalue weighted by Gasteiger charge is -2.19. The Morgan fingerprint density at radius 1 is 1.33 bits per heavy atom. The summed E-state index contributed by atoms with van der Waals surface area (Å²) in [6.07, 6.45) is 2.17. The van der Waals surface area contributed by atoms with Crippen molar-refractivity contribution in [1.82, 2.24) is 10.2 Å². The van der Waals surface area contributed by atoms with E-state index < -0.39 is 23.9 Å². The van der Waals surface area contributed by atoms with Crippen molar-refractivity contribution in [2.45, 2.75) is 37.8 Å². The second kappa shape index (κ2) is 3.52. The Hall–Kier alpha value is -1.59. The number of hydrogen-bond acceptors (Lipinski definition) is 3. The molecule has 82 valence electrons. The molecule has 0 aromatic heterocycles. The summed E-state index contributed by atoms with van der Waals surface area (Å²) in [5, 5.41) is 11.4. The van der Waals surface area contributed by atoms with E-state index in [2.05, 4.69) is 5.32 Å². The first-order valence-electron chi connectivity index (χ1n) is 4.95. The summed E-state index contributed by atoms with van der Waals surface area (Å²) >= 11 is 0. The van der Waals surface area contributed by atoms with Crippen LogP contribution in [0.25, 0.3) is 0 Å². The Labute approximate surface area is 86.2 Å². The van der Waals surface area contributed by atoms with Crippen LogP contribution < -0.4 is 5.32 Å². The molecule has 1 saturated carbocycles. The van der Waals surface area contributed by atoms with Crippen molar-refractivity contribution in [2.75, 3.05) is 0 Å². The molecular formula is C9H12N2O4. The fourth-order valence-corrected chi connectivity index (χ4v) is 1.64. The van der Waals surface area contributed by atoms with E-state index in [0.717, 1.165) is 17.7 Å². The normalized spacial score (nSPS) is 25.5. The fourth-order valence-electron chi connectivity index (χ4n) is 1.64. The third-order valence-corrected chi connectivity index (χ3v) is 2.62. The van der Waals surface area contributed by atoms with Gasteiger partial charge in [0.05, 0.1) is 0 Å². The molecule has 1 aliphatic carbocycles. The standard InChI is InChI=1S/C9H12N2O4/c12-7-4-3-6(8(13)14)11(7)9(15)10-5-1-2-5/h5-6H,1-4H2,(H,10,15)(H,13,14). The second-order valence-corrected chi connectivity index (χ2v) is 3.88. The Kier molecular flexibility index (Phi) is 2.34. The maximum atomic E-state index is 11.6. The van der Waals surface area contributed by atoms with Crippen molar-refractivity contribution in [3.05, 3.63) is 0 Å². The fraction of sp³-hybridized carbons (Fsp3) is 0.667. The smallest absolute Gasteiger partial charge is 0.327 e. The first-order chi connectivity index (χ1) is 7.09. The van der Waals surface area contributed by atoms with Gasteiger partial charge in [-0.25, -0.2) is 14.5 Å². The number of carboxylic acid groups (broad SMARTS) is 1. The van der Waals surface area contributed by atoms with Gasteiger partial charge in [-0.2, -0.15) is 0 Å². The molecule has 6 heteroatoms. The number of nitrogens with one attached hydrogen (secondary N) is 1. The number of aliphatic carboxylic acids is 1. The molecule has 3 amide bonds. The van der Waals surface area contributed by atoms with Crippen LogP contribution in [0.5, 0.6) is 0 Å². The Bertz CT molecular complexity index is 324. The molecule has 2 N–H and O–H groups in total. The van der Waals surface area contributed by atoms with Gasteiger partial charge in [-0.05, 0) is 19.3 Å². The number of urea groups is 1. The molecule has 0 spiro atoms. The highest BCUT2D eigenvalue weighted by Crippen LogP contribution is 2.22. The van der Waals surface area contributed by atoms with Crippen molar-refractivity contribution < 1.29 is 19.5 Å². The molecule has 1 aliphatic heterocycles.